The SMILES string of the molecule is CC(C)CC[C@@H](NC(=O)[C@@H](Cc1ccccc1)NC(=O)[C@H](N)Cc1ccccc1)C(=O)N[C@H](CCCCN)C(=O)NCc1ccc2c(c1)OCO2. The Morgan fingerprint density at radius 3 is 1.88 bits per heavy atom. The normalized spacial score (nSPS) is 14.2. The monoisotopic (exact) mass is 700 g/mol. The predicted molar refractivity (Wildman–Crippen MR) is 195 cm³/mol. The molecule has 1 aliphatic rings. The van der Waals surface area contributed by atoms with Crippen LogP contribution in [-0.2, 0) is 38.6 Å². The van der Waals surface area contributed by atoms with E-state index in [4.69, 9.17) is 20.9 Å². The second kappa shape index (κ2) is 20.0. The number of amides is 4. The van der Waals surface area contributed by atoms with E-state index in [0.717, 1.165) is 16.7 Å². The quantitative estimate of drug-likeness (QED) is 0.0972. The number of hydrogen-bond donors (Lipinski definition) is 6. The first kappa shape index (κ1) is 38.9. The largest absolute Gasteiger partial charge is 0.454 e. The zero-order valence-electron chi connectivity index (χ0n) is 29.6. The van der Waals surface area contributed by atoms with Crippen LogP contribution in [0.15, 0.2) is 78.9 Å². The molecular weight excluding hydrogens is 648 g/mol. The van der Waals surface area contributed by atoms with Gasteiger partial charge in [-0.1, -0.05) is 80.6 Å². The molecule has 4 rings (SSSR count). The molecule has 0 saturated heterocycles. The molecule has 12 heteroatoms. The van der Waals surface area contributed by atoms with Gasteiger partial charge in [-0.2, -0.15) is 0 Å². The second-order valence-electron chi connectivity index (χ2n) is 13.3. The first-order valence-electron chi connectivity index (χ1n) is 17.7. The fourth-order valence-electron chi connectivity index (χ4n) is 5.74. The Morgan fingerprint density at radius 2 is 1.24 bits per heavy atom. The number of carbonyl (C=O) groups excluding carboxylic acids is 4. The maximum absolute atomic E-state index is 13.9. The lowest BCUT2D eigenvalue weighted by Gasteiger charge is -2.26. The number of rotatable bonds is 20. The van der Waals surface area contributed by atoms with Gasteiger partial charge < -0.3 is 42.2 Å². The summed E-state index contributed by atoms with van der Waals surface area (Å²) in [4.78, 5) is 54.6. The highest BCUT2D eigenvalue weighted by molar-refractivity contribution is 5.95. The van der Waals surface area contributed by atoms with Gasteiger partial charge in [0, 0.05) is 13.0 Å². The van der Waals surface area contributed by atoms with Crippen LogP contribution in [0.2, 0.25) is 0 Å². The fourth-order valence-corrected chi connectivity index (χ4v) is 5.74. The summed E-state index contributed by atoms with van der Waals surface area (Å²) < 4.78 is 10.8. The Hall–Kier alpha value is -4.94. The molecular formula is C39H52N6O6. The van der Waals surface area contributed by atoms with Crippen molar-refractivity contribution in [3.05, 3.63) is 95.6 Å². The van der Waals surface area contributed by atoms with Crippen molar-refractivity contribution in [3.63, 3.8) is 0 Å². The van der Waals surface area contributed by atoms with Crippen LogP contribution in [0, 0.1) is 5.92 Å². The minimum Gasteiger partial charge on any atom is -0.454 e. The smallest absolute Gasteiger partial charge is 0.243 e. The predicted octanol–water partition coefficient (Wildman–Crippen LogP) is 2.86. The van der Waals surface area contributed by atoms with Crippen molar-refractivity contribution in [2.24, 2.45) is 17.4 Å². The maximum atomic E-state index is 13.9. The van der Waals surface area contributed by atoms with E-state index in [1.807, 2.05) is 80.6 Å². The van der Waals surface area contributed by atoms with Gasteiger partial charge in [0.1, 0.15) is 18.1 Å². The van der Waals surface area contributed by atoms with Crippen molar-refractivity contribution < 1.29 is 28.7 Å². The Balaban J connectivity index is 1.46. The number of benzene rings is 3. The van der Waals surface area contributed by atoms with E-state index in [9.17, 15) is 19.2 Å². The van der Waals surface area contributed by atoms with Gasteiger partial charge in [-0.05, 0) is 79.8 Å². The molecule has 51 heavy (non-hydrogen) atoms. The van der Waals surface area contributed by atoms with Crippen molar-refractivity contribution in [2.45, 2.75) is 89.5 Å². The van der Waals surface area contributed by atoms with E-state index in [1.165, 1.54) is 0 Å². The Bertz CT molecular complexity index is 1570. The zero-order chi connectivity index (χ0) is 36.6. The van der Waals surface area contributed by atoms with E-state index in [1.54, 1.807) is 12.1 Å². The summed E-state index contributed by atoms with van der Waals surface area (Å²) in [6.45, 7) is 4.89. The second-order valence-corrected chi connectivity index (χ2v) is 13.3. The van der Waals surface area contributed by atoms with Crippen LogP contribution in [-0.4, -0.2) is 61.1 Å². The van der Waals surface area contributed by atoms with Gasteiger partial charge >= 0.3 is 0 Å². The summed E-state index contributed by atoms with van der Waals surface area (Å²) in [7, 11) is 0. The summed E-state index contributed by atoms with van der Waals surface area (Å²) in [6.07, 6.45) is 3.14. The van der Waals surface area contributed by atoms with Crippen LogP contribution in [0.3, 0.4) is 0 Å². The van der Waals surface area contributed by atoms with Crippen LogP contribution < -0.4 is 42.2 Å². The summed E-state index contributed by atoms with van der Waals surface area (Å²) in [5.74, 6) is -0.324. The van der Waals surface area contributed by atoms with E-state index in [0.29, 0.717) is 56.6 Å². The molecule has 8 N–H and O–H groups in total. The molecule has 274 valence electrons. The molecule has 1 aliphatic heterocycles. The first-order chi connectivity index (χ1) is 24.6. The average Bonchev–Trinajstić information content (AvgIpc) is 3.60. The van der Waals surface area contributed by atoms with Crippen LogP contribution >= 0.6 is 0 Å². The fraction of sp³-hybridized carbons (Fsp3) is 0.436. The van der Waals surface area contributed by atoms with Gasteiger partial charge in [0.15, 0.2) is 11.5 Å². The van der Waals surface area contributed by atoms with Gasteiger partial charge in [-0.3, -0.25) is 19.2 Å². The topological polar surface area (TPSA) is 187 Å². The standard InChI is InChI=1S/C39H52N6O6/c1-26(2)16-18-32(38(48)43-31(15-9-10-20-40)37(47)42-24-29-17-19-34-35(23-29)51-25-50-34)44-39(49)33(22-28-13-7-4-8-14-28)45-36(46)30(41)21-27-11-5-3-6-12-27/h3-8,11-14,17,19,23,26,30-33H,9-10,15-16,18,20-22,24-25,40-41H2,1-2H3,(H,42,47)(H,43,48)(H,44,49)(H,45,46)/t30-,31-,32-,33-/m1/s1. The first-order valence-corrected chi connectivity index (χ1v) is 17.7. The maximum Gasteiger partial charge on any atom is 0.243 e. The van der Waals surface area contributed by atoms with Crippen LogP contribution in [0.25, 0.3) is 0 Å². The number of carbonyl (C=O) groups is 4. The third kappa shape index (κ3) is 12.7. The van der Waals surface area contributed by atoms with E-state index in [2.05, 4.69) is 21.3 Å². The molecule has 0 saturated carbocycles. The van der Waals surface area contributed by atoms with Crippen LogP contribution in [0.5, 0.6) is 11.5 Å². The number of nitrogens with two attached hydrogens (primary N) is 2. The van der Waals surface area contributed by atoms with Gasteiger partial charge in [-0.15, -0.1) is 0 Å². The van der Waals surface area contributed by atoms with E-state index < -0.39 is 41.9 Å². The third-order valence-corrected chi connectivity index (χ3v) is 8.70. The lowest BCUT2D eigenvalue weighted by atomic mass is 10.00. The summed E-state index contributed by atoms with van der Waals surface area (Å²) >= 11 is 0. The summed E-state index contributed by atoms with van der Waals surface area (Å²) in [6, 6.07) is 20.5. The number of nitrogens with one attached hydrogen (secondary N) is 4. The highest BCUT2D eigenvalue weighted by Crippen LogP contribution is 2.32. The van der Waals surface area contributed by atoms with E-state index in [-0.39, 0.29) is 31.6 Å². The molecule has 12 nitrogen and oxygen atoms in total. The number of fused-ring (bicyclic) bond motifs is 1. The van der Waals surface area contributed by atoms with Crippen LogP contribution in [0.1, 0.15) is 62.6 Å². The summed E-state index contributed by atoms with van der Waals surface area (Å²) in [5.41, 5.74) is 14.5. The molecule has 0 radical (unpaired) electrons. The molecule has 3 aromatic carbocycles. The number of unbranched alkanes of at least 4 members (excludes halogenated alkanes) is 1. The van der Waals surface area contributed by atoms with E-state index >= 15 is 0 Å². The average molecular weight is 701 g/mol. The van der Waals surface area contributed by atoms with Gasteiger partial charge in [-0.25, -0.2) is 0 Å². The third-order valence-electron chi connectivity index (χ3n) is 8.70. The zero-order valence-corrected chi connectivity index (χ0v) is 29.6. The van der Waals surface area contributed by atoms with Gasteiger partial charge in [0.05, 0.1) is 6.04 Å². The molecule has 3 aromatic rings. The lowest BCUT2D eigenvalue weighted by Crippen LogP contribution is -2.58. The lowest BCUT2D eigenvalue weighted by molar-refractivity contribution is -0.134. The molecule has 0 aliphatic carbocycles. The minimum atomic E-state index is -0.999. The molecule has 0 spiro atoms. The molecule has 4 atom stereocenters. The Morgan fingerprint density at radius 1 is 0.647 bits per heavy atom. The molecule has 1 heterocycles. The molecule has 0 bridgehead atoms. The Labute approximate surface area is 300 Å². The van der Waals surface area contributed by atoms with Crippen molar-refractivity contribution in [3.8, 4) is 11.5 Å². The molecule has 0 fully saturated rings. The van der Waals surface area contributed by atoms with Gasteiger partial charge in [0.2, 0.25) is 30.4 Å². The Kier molecular flexibility index (Phi) is 15.3. The van der Waals surface area contributed by atoms with Crippen molar-refractivity contribution in [2.75, 3.05) is 13.3 Å². The number of hydrogen-bond acceptors (Lipinski definition) is 8. The highest BCUT2D eigenvalue weighted by Gasteiger charge is 2.31. The summed E-state index contributed by atoms with van der Waals surface area (Å²) in [5, 5.41) is 11.5. The minimum absolute atomic E-state index is 0.149. The van der Waals surface area contributed by atoms with Crippen LogP contribution in [0.4, 0.5) is 0 Å². The molecule has 0 unspecified atom stereocenters. The number of ether oxygens (including phenoxy) is 2. The molecule has 0 aromatic heterocycles. The van der Waals surface area contributed by atoms with Crippen molar-refractivity contribution in [1.29, 1.82) is 0 Å². The highest BCUT2D eigenvalue weighted by atomic mass is 16.7. The van der Waals surface area contributed by atoms with Gasteiger partial charge in [0.25, 0.3) is 0 Å². The van der Waals surface area contributed by atoms with Crippen molar-refractivity contribution in [1.82, 2.24) is 21.3 Å². The van der Waals surface area contributed by atoms with Crippen molar-refractivity contribution >= 4 is 23.6 Å². The molecule has 4 amide bonds.